The second kappa shape index (κ2) is 5.66. The van der Waals surface area contributed by atoms with Gasteiger partial charge in [-0.3, -0.25) is 0 Å². The fourth-order valence-electron chi connectivity index (χ4n) is 2.38. The van der Waals surface area contributed by atoms with Crippen LogP contribution < -0.4 is 5.32 Å². The van der Waals surface area contributed by atoms with Crippen LogP contribution >= 0.6 is 11.6 Å². The standard InChI is InChI=1S/C17H20ClN/c1-11-7-13(3)16(14(4)8-11)10-19-15-6-5-12(2)17(18)9-15/h5-9,19H,10H2,1-4H3. The molecule has 1 nitrogen and oxygen atoms in total. The van der Waals surface area contributed by atoms with Gasteiger partial charge in [-0.05, 0) is 62.1 Å². The highest BCUT2D eigenvalue weighted by atomic mass is 35.5. The van der Waals surface area contributed by atoms with Gasteiger partial charge in [0.1, 0.15) is 0 Å². The number of aryl methyl sites for hydroxylation is 4. The molecule has 0 radical (unpaired) electrons. The van der Waals surface area contributed by atoms with Crippen LogP contribution in [0.4, 0.5) is 5.69 Å². The zero-order chi connectivity index (χ0) is 14.0. The molecule has 0 heterocycles. The molecule has 0 bridgehead atoms. The summed E-state index contributed by atoms with van der Waals surface area (Å²) in [6, 6.07) is 10.5. The Labute approximate surface area is 120 Å². The molecule has 0 saturated heterocycles. The fourth-order valence-corrected chi connectivity index (χ4v) is 2.56. The van der Waals surface area contributed by atoms with Crippen molar-refractivity contribution in [2.75, 3.05) is 5.32 Å². The molecule has 2 heteroatoms. The van der Waals surface area contributed by atoms with E-state index in [0.29, 0.717) is 0 Å². The molecule has 0 aliphatic rings. The van der Waals surface area contributed by atoms with E-state index in [1.54, 1.807) is 0 Å². The van der Waals surface area contributed by atoms with Crippen LogP contribution in [-0.4, -0.2) is 0 Å². The minimum Gasteiger partial charge on any atom is -0.381 e. The summed E-state index contributed by atoms with van der Waals surface area (Å²) in [5.74, 6) is 0. The summed E-state index contributed by atoms with van der Waals surface area (Å²) in [7, 11) is 0. The summed E-state index contributed by atoms with van der Waals surface area (Å²) in [5, 5.41) is 4.25. The van der Waals surface area contributed by atoms with Gasteiger partial charge in [0.2, 0.25) is 0 Å². The Bertz CT molecular complexity index is 579. The summed E-state index contributed by atoms with van der Waals surface area (Å²) in [6.07, 6.45) is 0. The van der Waals surface area contributed by atoms with Gasteiger partial charge in [0.15, 0.2) is 0 Å². The first-order valence-electron chi connectivity index (χ1n) is 6.54. The molecular formula is C17H20ClN. The van der Waals surface area contributed by atoms with E-state index >= 15 is 0 Å². The molecule has 1 N–H and O–H groups in total. The van der Waals surface area contributed by atoms with Crippen molar-refractivity contribution in [1.29, 1.82) is 0 Å². The predicted molar refractivity (Wildman–Crippen MR) is 84.2 cm³/mol. The molecule has 0 aliphatic heterocycles. The maximum Gasteiger partial charge on any atom is 0.0455 e. The number of nitrogens with one attached hydrogen (secondary N) is 1. The maximum absolute atomic E-state index is 6.14. The number of anilines is 1. The second-order valence-corrected chi connectivity index (χ2v) is 5.60. The highest BCUT2D eigenvalue weighted by Crippen LogP contribution is 2.22. The monoisotopic (exact) mass is 273 g/mol. The number of halogens is 1. The third kappa shape index (κ3) is 3.30. The Morgan fingerprint density at radius 1 is 0.895 bits per heavy atom. The van der Waals surface area contributed by atoms with Crippen molar-refractivity contribution >= 4 is 17.3 Å². The van der Waals surface area contributed by atoms with Crippen LogP contribution in [0.15, 0.2) is 30.3 Å². The van der Waals surface area contributed by atoms with Crippen LogP contribution in [0.1, 0.15) is 27.8 Å². The fraction of sp³-hybridized carbons (Fsp3) is 0.294. The lowest BCUT2D eigenvalue weighted by Crippen LogP contribution is -2.04. The molecule has 0 saturated carbocycles. The van der Waals surface area contributed by atoms with Gasteiger partial charge in [-0.25, -0.2) is 0 Å². The molecule has 0 spiro atoms. The van der Waals surface area contributed by atoms with E-state index in [9.17, 15) is 0 Å². The molecular weight excluding hydrogens is 254 g/mol. The minimum absolute atomic E-state index is 0.808. The average Bonchev–Trinajstić information content (AvgIpc) is 2.32. The van der Waals surface area contributed by atoms with E-state index in [4.69, 9.17) is 11.6 Å². The van der Waals surface area contributed by atoms with Gasteiger partial charge >= 0.3 is 0 Å². The van der Waals surface area contributed by atoms with Crippen molar-refractivity contribution in [1.82, 2.24) is 0 Å². The van der Waals surface area contributed by atoms with Crippen LogP contribution in [0.2, 0.25) is 5.02 Å². The van der Waals surface area contributed by atoms with Crippen molar-refractivity contribution in [3.8, 4) is 0 Å². The molecule has 0 aliphatic carbocycles. The van der Waals surface area contributed by atoms with E-state index < -0.39 is 0 Å². The van der Waals surface area contributed by atoms with Crippen molar-refractivity contribution in [3.05, 3.63) is 63.2 Å². The summed E-state index contributed by atoms with van der Waals surface area (Å²) < 4.78 is 0. The number of rotatable bonds is 3. The maximum atomic E-state index is 6.14. The van der Waals surface area contributed by atoms with Crippen molar-refractivity contribution in [2.45, 2.75) is 34.2 Å². The lowest BCUT2D eigenvalue weighted by molar-refractivity contribution is 1.08. The largest absolute Gasteiger partial charge is 0.381 e. The molecule has 0 aromatic heterocycles. The van der Waals surface area contributed by atoms with E-state index in [1.807, 2.05) is 19.1 Å². The SMILES string of the molecule is Cc1cc(C)c(CNc2ccc(C)c(Cl)c2)c(C)c1. The van der Waals surface area contributed by atoms with Crippen LogP contribution in [0.5, 0.6) is 0 Å². The summed E-state index contributed by atoms with van der Waals surface area (Å²) in [5.41, 5.74) is 7.52. The van der Waals surface area contributed by atoms with E-state index in [2.05, 4.69) is 44.3 Å². The van der Waals surface area contributed by atoms with Crippen molar-refractivity contribution in [2.24, 2.45) is 0 Å². The van der Waals surface area contributed by atoms with Gasteiger partial charge in [0, 0.05) is 17.3 Å². The zero-order valence-electron chi connectivity index (χ0n) is 12.0. The zero-order valence-corrected chi connectivity index (χ0v) is 12.7. The Kier molecular flexibility index (Phi) is 4.16. The Hall–Kier alpha value is -1.47. The number of benzene rings is 2. The van der Waals surface area contributed by atoms with E-state index in [-0.39, 0.29) is 0 Å². The molecule has 0 atom stereocenters. The predicted octanol–water partition coefficient (Wildman–Crippen LogP) is 5.19. The van der Waals surface area contributed by atoms with Gasteiger partial charge < -0.3 is 5.32 Å². The molecule has 0 unspecified atom stereocenters. The van der Waals surface area contributed by atoms with Gasteiger partial charge in [0.05, 0.1) is 0 Å². The lowest BCUT2D eigenvalue weighted by Gasteiger charge is -2.13. The summed E-state index contributed by atoms with van der Waals surface area (Å²) >= 11 is 6.14. The Morgan fingerprint density at radius 2 is 1.53 bits per heavy atom. The molecule has 2 rings (SSSR count). The smallest absolute Gasteiger partial charge is 0.0455 e. The summed E-state index contributed by atoms with van der Waals surface area (Å²) in [6.45, 7) is 9.31. The Balaban J connectivity index is 2.16. The minimum atomic E-state index is 0.808. The summed E-state index contributed by atoms with van der Waals surface area (Å²) in [4.78, 5) is 0. The quantitative estimate of drug-likeness (QED) is 0.812. The van der Waals surface area contributed by atoms with Gasteiger partial charge in [-0.2, -0.15) is 0 Å². The number of hydrogen-bond donors (Lipinski definition) is 1. The molecule has 0 amide bonds. The topological polar surface area (TPSA) is 12.0 Å². The number of hydrogen-bond acceptors (Lipinski definition) is 1. The first kappa shape index (κ1) is 14.0. The van der Waals surface area contributed by atoms with Crippen LogP contribution in [-0.2, 0) is 6.54 Å². The molecule has 19 heavy (non-hydrogen) atoms. The van der Waals surface area contributed by atoms with Crippen molar-refractivity contribution < 1.29 is 0 Å². The first-order valence-corrected chi connectivity index (χ1v) is 6.92. The van der Waals surface area contributed by atoms with Crippen LogP contribution in [0, 0.1) is 27.7 Å². The molecule has 2 aromatic rings. The molecule has 2 aromatic carbocycles. The Morgan fingerprint density at radius 3 is 2.11 bits per heavy atom. The third-order valence-electron chi connectivity index (χ3n) is 3.48. The lowest BCUT2D eigenvalue weighted by atomic mass is 10.00. The third-order valence-corrected chi connectivity index (χ3v) is 3.89. The van der Waals surface area contributed by atoms with Crippen LogP contribution in [0.25, 0.3) is 0 Å². The van der Waals surface area contributed by atoms with Crippen LogP contribution in [0.3, 0.4) is 0 Å². The van der Waals surface area contributed by atoms with Gasteiger partial charge in [0.25, 0.3) is 0 Å². The van der Waals surface area contributed by atoms with Gasteiger partial charge in [-0.15, -0.1) is 0 Å². The van der Waals surface area contributed by atoms with E-state index in [0.717, 1.165) is 22.8 Å². The average molecular weight is 274 g/mol. The van der Waals surface area contributed by atoms with Crippen molar-refractivity contribution in [3.63, 3.8) is 0 Å². The molecule has 100 valence electrons. The van der Waals surface area contributed by atoms with Gasteiger partial charge in [-0.1, -0.05) is 35.4 Å². The second-order valence-electron chi connectivity index (χ2n) is 5.19. The highest BCUT2D eigenvalue weighted by Gasteiger charge is 2.04. The molecule has 0 fully saturated rings. The normalized spacial score (nSPS) is 10.6. The van der Waals surface area contributed by atoms with E-state index in [1.165, 1.54) is 22.3 Å². The first-order chi connectivity index (χ1) is 8.97. The highest BCUT2D eigenvalue weighted by molar-refractivity contribution is 6.31.